The highest BCUT2D eigenvalue weighted by atomic mass is 32.2. The second-order valence-electron chi connectivity index (χ2n) is 5.17. The fourth-order valence-corrected chi connectivity index (χ4v) is 2.89. The normalized spacial score (nSPS) is 15.6. The lowest BCUT2D eigenvalue weighted by molar-refractivity contribution is 0.0839. The summed E-state index contributed by atoms with van der Waals surface area (Å²) in [5, 5.41) is 20.0. The van der Waals surface area contributed by atoms with Crippen LogP contribution < -0.4 is 0 Å². The third-order valence-electron chi connectivity index (χ3n) is 3.28. The van der Waals surface area contributed by atoms with Crippen molar-refractivity contribution in [3.63, 3.8) is 0 Å². The Bertz CT molecular complexity index is 533. The van der Waals surface area contributed by atoms with Crippen molar-refractivity contribution in [2.75, 3.05) is 5.75 Å². The zero-order valence-electron chi connectivity index (χ0n) is 11.8. The van der Waals surface area contributed by atoms with Crippen molar-refractivity contribution < 1.29 is 10.2 Å². The first-order valence-corrected chi connectivity index (χ1v) is 7.66. The lowest BCUT2D eigenvalue weighted by Gasteiger charge is -2.23. The summed E-state index contributed by atoms with van der Waals surface area (Å²) in [6, 6.07) is 17.5. The number of aliphatic hydroxyl groups is 2. The van der Waals surface area contributed by atoms with Gasteiger partial charge in [-0.15, -0.1) is 11.8 Å². The average molecular weight is 288 g/mol. The van der Waals surface area contributed by atoms with Crippen molar-refractivity contribution in [1.29, 1.82) is 0 Å². The molecule has 0 fully saturated rings. The number of thioether (sulfide) groups is 1. The third kappa shape index (κ3) is 3.85. The molecule has 0 radical (unpaired) electrons. The molecule has 0 amide bonds. The molecule has 20 heavy (non-hydrogen) atoms. The zero-order valence-corrected chi connectivity index (χ0v) is 12.6. The van der Waals surface area contributed by atoms with Crippen LogP contribution in [0.2, 0.25) is 0 Å². The molecule has 2 nitrogen and oxygen atoms in total. The van der Waals surface area contributed by atoms with Gasteiger partial charge >= 0.3 is 0 Å². The van der Waals surface area contributed by atoms with Crippen molar-refractivity contribution in [2.45, 2.75) is 30.4 Å². The van der Waals surface area contributed by atoms with Crippen molar-refractivity contribution in [3.8, 4) is 0 Å². The molecule has 0 saturated heterocycles. The van der Waals surface area contributed by atoms with Crippen LogP contribution in [0, 0.1) is 0 Å². The van der Waals surface area contributed by atoms with E-state index in [0.29, 0.717) is 5.75 Å². The van der Waals surface area contributed by atoms with Gasteiger partial charge in [-0.1, -0.05) is 42.5 Å². The first kappa shape index (κ1) is 15.1. The largest absolute Gasteiger partial charge is 0.389 e. The van der Waals surface area contributed by atoms with Crippen LogP contribution in [0.1, 0.15) is 31.1 Å². The minimum Gasteiger partial charge on any atom is -0.389 e. The van der Waals surface area contributed by atoms with Gasteiger partial charge in [0.2, 0.25) is 0 Å². The van der Waals surface area contributed by atoms with Crippen molar-refractivity contribution in [1.82, 2.24) is 0 Å². The molecule has 2 N–H and O–H groups in total. The van der Waals surface area contributed by atoms with E-state index in [1.807, 2.05) is 61.5 Å². The number of rotatable bonds is 5. The van der Waals surface area contributed by atoms with Gasteiger partial charge in [-0.3, -0.25) is 0 Å². The van der Waals surface area contributed by atoms with Gasteiger partial charge in [0.05, 0.1) is 11.7 Å². The van der Waals surface area contributed by atoms with Crippen molar-refractivity contribution in [3.05, 3.63) is 65.7 Å². The van der Waals surface area contributed by atoms with Crippen LogP contribution in [-0.2, 0) is 5.60 Å². The smallest absolute Gasteiger partial charge is 0.0962 e. The van der Waals surface area contributed by atoms with E-state index in [0.717, 1.165) is 16.0 Å². The summed E-state index contributed by atoms with van der Waals surface area (Å²) in [5.74, 6) is 0.588. The van der Waals surface area contributed by atoms with E-state index in [-0.39, 0.29) is 0 Å². The van der Waals surface area contributed by atoms with Crippen LogP contribution in [-0.4, -0.2) is 16.0 Å². The maximum Gasteiger partial charge on any atom is 0.0962 e. The van der Waals surface area contributed by atoms with E-state index in [9.17, 15) is 10.2 Å². The van der Waals surface area contributed by atoms with Gasteiger partial charge in [0.25, 0.3) is 0 Å². The highest BCUT2D eigenvalue weighted by molar-refractivity contribution is 7.99. The summed E-state index contributed by atoms with van der Waals surface area (Å²) >= 11 is 1.61. The molecule has 0 spiro atoms. The van der Waals surface area contributed by atoms with E-state index in [2.05, 4.69) is 0 Å². The highest BCUT2D eigenvalue weighted by Gasteiger charge is 2.22. The summed E-state index contributed by atoms with van der Waals surface area (Å²) in [6.45, 7) is 3.59. The van der Waals surface area contributed by atoms with Gasteiger partial charge in [-0.2, -0.15) is 0 Å². The molecule has 0 saturated carbocycles. The fourth-order valence-electron chi connectivity index (χ4n) is 1.95. The number of benzene rings is 2. The number of hydrogen-bond donors (Lipinski definition) is 2. The molecule has 2 aromatic rings. The Morgan fingerprint density at radius 1 is 1.05 bits per heavy atom. The zero-order chi connectivity index (χ0) is 14.6. The summed E-state index contributed by atoms with van der Waals surface area (Å²) < 4.78 is 0. The molecule has 2 rings (SSSR count). The summed E-state index contributed by atoms with van der Waals surface area (Å²) in [7, 11) is 0. The number of hydrogen-bond acceptors (Lipinski definition) is 3. The van der Waals surface area contributed by atoms with Crippen molar-refractivity contribution >= 4 is 11.8 Å². The van der Waals surface area contributed by atoms with Gasteiger partial charge in [0, 0.05) is 10.6 Å². The summed E-state index contributed by atoms with van der Waals surface area (Å²) in [5.41, 5.74) is 0.978. The molecule has 0 aromatic heterocycles. The molecule has 0 aliphatic carbocycles. The Balaban J connectivity index is 2.01. The predicted molar refractivity (Wildman–Crippen MR) is 83.8 cm³/mol. The molecule has 0 heterocycles. The molecule has 106 valence electrons. The quantitative estimate of drug-likeness (QED) is 0.823. The van der Waals surface area contributed by atoms with Crippen LogP contribution in [0.25, 0.3) is 0 Å². The van der Waals surface area contributed by atoms with E-state index < -0.39 is 11.7 Å². The van der Waals surface area contributed by atoms with E-state index in [1.54, 1.807) is 18.7 Å². The van der Waals surface area contributed by atoms with E-state index in [1.165, 1.54) is 0 Å². The Kier molecular flexibility index (Phi) is 4.86. The van der Waals surface area contributed by atoms with Gasteiger partial charge in [-0.05, 0) is 37.1 Å². The van der Waals surface area contributed by atoms with Gasteiger partial charge in [-0.25, -0.2) is 0 Å². The SMILES string of the molecule is CC(O)c1ccc(SCC(C)(O)c2ccccc2)cc1. The highest BCUT2D eigenvalue weighted by Crippen LogP contribution is 2.29. The maximum atomic E-state index is 10.5. The van der Waals surface area contributed by atoms with Crippen LogP contribution in [0.5, 0.6) is 0 Å². The average Bonchev–Trinajstić information content (AvgIpc) is 2.46. The molecule has 2 aromatic carbocycles. The molecular weight excluding hydrogens is 268 g/mol. The van der Waals surface area contributed by atoms with E-state index in [4.69, 9.17) is 0 Å². The first-order chi connectivity index (χ1) is 9.49. The predicted octanol–water partition coefficient (Wildman–Crippen LogP) is 3.74. The lowest BCUT2D eigenvalue weighted by atomic mass is 9.99. The van der Waals surface area contributed by atoms with Crippen LogP contribution >= 0.6 is 11.8 Å². The van der Waals surface area contributed by atoms with Gasteiger partial charge in [0.1, 0.15) is 0 Å². The van der Waals surface area contributed by atoms with Crippen LogP contribution in [0.4, 0.5) is 0 Å². The number of aliphatic hydroxyl groups excluding tert-OH is 1. The third-order valence-corrected chi connectivity index (χ3v) is 4.59. The topological polar surface area (TPSA) is 40.5 Å². The molecule has 2 atom stereocenters. The van der Waals surface area contributed by atoms with Gasteiger partial charge < -0.3 is 10.2 Å². The standard InChI is InChI=1S/C17H20O2S/c1-13(18)14-8-10-16(11-9-14)20-12-17(2,19)15-6-4-3-5-7-15/h3-11,13,18-19H,12H2,1-2H3. The monoisotopic (exact) mass is 288 g/mol. The fraction of sp³-hybridized carbons (Fsp3) is 0.294. The molecule has 0 aliphatic heterocycles. The van der Waals surface area contributed by atoms with Crippen molar-refractivity contribution in [2.24, 2.45) is 0 Å². The minimum absolute atomic E-state index is 0.443. The molecule has 0 aliphatic rings. The molecular formula is C17H20O2S. The van der Waals surface area contributed by atoms with E-state index >= 15 is 0 Å². The molecule has 3 heteroatoms. The summed E-state index contributed by atoms with van der Waals surface area (Å²) in [6.07, 6.45) is -0.443. The molecule has 0 bridgehead atoms. The Morgan fingerprint density at radius 2 is 1.65 bits per heavy atom. The van der Waals surface area contributed by atoms with Crippen LogP contribution in [0.15, 0.2) is 59.5 Å². The molecule has 2 unspecified atom stereocenters. The summed E-state index contributed by atoms with van der Waals surface area (Å²) in [4.78, 5) is 1.09. The second-order valence-corrected chi connectivity index (χ2v) is 6.22. The lowest BCUT2D eigenvalue weighted by Crippen LogP contribution is -2.24. The Morgan fingerprint density at radius 3 is 2.20 bits per heavy atom. The van der Waals surface area contributed by atoms with Gasteiger partial charge in [0.15, 0.2) is 0 Å². The van der Waals surface area contributed by atoms with Crippen LogP contribution in [0.3, 0.4) is 0 Å². The minimum atomic E-state index is -0.852. The Labute approximate surface area is 124 Å². The Hall–Kier alpha value is -1.29. The first-order valence-electron chi connectivity index (χ1n) is 6.68. The maximum absolute atomic E-state index is 10.5. The second kappa shape index (κ2) is 6.44.